The fourth-order valence-corrected chi connectivity index (χ4v) is 4.52. The molecule has 0 heterocycles. The van der Waals surface area contributed by atoms with Crippen molar-refractivity contribution in [1.82, 2.24) is 0 Å². The largest absolute Gasteiger partial charge is 0.462 e. The Balaban J connectivity index is 3.73. The molecule has 0 bridgehead atoms. The third-order valence-corrected chi connectivity index (χ3v) is 7.23. The highest BCUT2D eigenvalue weighted by Gasteiger charge is 2.15. The molecule has 0 fully saturated rings. The van der Waals surface area contributed by atoms with Crippen LogP contribution in [0.2, 0.25) is 0 Å². The van der Waals surface area contributed by atoms with Gasteiger partial charge in [0.2, 0.25) is 0 Å². The van der Waals surface area contributed by atoms with Crippen LogP contribution < -0.4 is 0 Å². The normalized spacial score (nSPS) is 13.0. The van der Waals surface area contributed by atoms with E-state index in [-0.39, 0.29) is 31.6 Å². The van der Waals surface area contributed by atoms with Crippen molar-refractivity contribution >= 4 is 11.9 Å². The molecular weight excluding hydrogens is 560 g/mol. The highest BCUT2D eigenvalue weighted by Crippen LogP contribution is 2.10. The van der Waals surface area contributed by atoms with Gasteiger partial charge in [0.15, 0.2) is 6.10 Å². The van der Waals surface area contributed by atoms with Crippen molar-refractivity contribution in [3.05, 3.63) is 72.9 Å². The molecule has 0 aliphatic rings. The second-order valence-corrected chi connectivity index (χ2v) is 11.6. The standard InChI is InChI=1S/C40H66O5/c1-3-5-7-9-11-13-15-17-19-20-21-23-25-27-29-31-33-35-40(43)45-38(36-41)37-44-39(42)34-32-30-28-26-24-22-18-16-14-12-10-8-6-4-2/h5,7,11,13,16-19,21,23,27,29,38,41H,3-4,6,8-10,12,14-15,20,22,24-26,28,30-37H2,1-2H3/b7-5+,13-11+,18-16+,19-17+,23-21+,29-27+/t38-/m0/s1. The third-order valence-electron chi connectivity index (χ3n) is 7.23. The summed E-state index contributed by atoms with van der Waals surface area (Å²) in [4.78, 5) is 24.2. The van der Waals surface area contributed by atoms with Crippen LogP contribution in [-0.2, 0) is 19.1 Å². The number of esters is 2. The van der Waals surface area contributed by atoms with Gasteiger partial charge >= 0.3 is 11.9 Å². The van der Waals surface area contributed by atoms with Gasteiger partial charge in [0.1, 0.15) is 6.61 Å². The molecule has 0 unspecified atom stereocenters. The fraction of sp³-hybridized carbons (Fsp3) is 0.650. The van der Waals surface area contributed by atoms with E-state index in [4.69, 9.17) is 9.47 Å². The summed E-state index contributed by atoms with van der Waals surface area (Å²) in [5.74, 6) is -0.677. The van der Waals surface area contributed by atoms with Gasteiger partial charge in [-0.2, -0.15) is 0 Å². The van der Waals surface area contributed by atoms with Gasteiger partial charge in [0.05, 0.1) is 6.61 Å². The summed E-state index contributed by atoms with van der Waals surface area (Å²) >= 11 is 0. The van der Waals surface area contributed by atoms with E-state index in [2.05, 4.69) is 86.8 Å². The molecule has 0 aromatic carbocycles. The van der Waals surface area contributed by atoms with E-state index >= 15 is 0 Å². The summed E-state index contributed by atoms with van der Waals surface area (Å²) in [6.07, 6.45) is 46.7. The van der Waals surface area contributed by atoms with Gasteiger partial charge in [-0.3, -0.25) is 9.59 Å². The molecule has 0 aliphatic carbocycles. The Hall–Kier alpha value is -2.66. The van der Waals surface area contributed by atoms with Gasteiger partial charge in [-0.05, 0) is 77.0 Å². The average molecular weight is 627 g/mol. The summed E-state index contributed by atoms with van der Waals surface area (Å²) in [7, 11) is 0. The van der Waals surface area contributed by atoms with Crippen molar-refractivity contribution in [3.63, 3.8) is 0 Å². The van der Waals surface area contributed by atoms with Gasteiger partial charge in [0.25, 0.3) is 0 Å². The summed E-state index contributed by atoms with van der Waals surface area (Å²) in [5, 5.41) is 9.52. The van der Waals surface area contributed by atoms with E-state index in [1.165, 1.54) is 51.4 Å². The first-order chi connectivity index (χ1) is 22.1. The molecule has 0 rings (SSSR count). The minimum atomic E-state index is -0.806. The fourth-order valence-electron chi connectivity index (χ4n) is 4.52. The Bertz CT molecular complexity index is 849. The second-order valence-electron chi connectivity index (χ2n) is 11.6. The minimum Gasteiger partial charge on any atom is -0.462 e. The molecule has 0 saturated heterocycles. The maximum Gasteiger partial charge on any atom is 0.306 e. The molecule has 0 radical (unpaired) electrons. The lowest BCUT2D eigenvalue weighted by atomic mass is 10.1. The first-order valence-corrected chi connectivity index (χ1v) is 18.0. The van der Waals surface area contributed by atoms with Crippen LogP contribution in [0.4, 0.5) is 0 Å². The SMILES string of the molecule is CC/C=C/C/C=C/C/C=C/C/C=C/C/C=C/CCCC(=O)O[C@@H](CO)COC(=O)CCCCCCC/C=C/CCCCCCC. The quantitative estimate of drug-likeness (QED) is 0.0471. The lowest BCUT2D eigenvalue weighted by Crippen LogP contribution is -2.28. The molecule has 0 aliphatic heterocycles. The number of ether oxygens (including phenoxy) is 2. The van der Waals surface area contributed by atoms with Crippen LogP contribution in [0.5, 0.6) is 0 Å². The molecule has 0 amide bonds. The Morgan fingerprint density at radius 2 is 0.978 bits per heavy atom. The second kappa shape index (κ2) is 35.8. The molecule has 1 atom stereocenters. The van der Waals surface area contributed by atoms with Crippen molar-refractivity contribution in [2.45, 2.75) is 155 Å². The predicted molar refractivity (Wildman–Crippen MR) is 191 cm³/mol. The average Bonchev–Trinajstić information content (AvgIpc) is 3.04. The topological polar surface area (TPSA) is 72.8 Å². The molecule has 1 N–H and O–H groups in total. The molecule has 5 heteroatoms. The number of aliphatic hydroxyl groups is 1. The molecular formula is C40H66O5. The number of unbranched alkanes of at least 4 members (excludes halogenated alkanes) is 11. The van der Waals surface area contributed by atoms with E-state index in [9.17, 15) is 14.7 Å². The van der Waals surface area contributed by atoms with Crippen LogP contribution in [0, 0.1) is 0 Å². The Kier molecular flexibility index (Phi) is 33.7. The van der Waals surface area contributed by atoms with E-state index < -0.39 is 6.10 Å². The number of allylic oxidation sites excluding steroid dienone is 12. The monoisotopic (exact) mass is 626 g/mol. The zero-order valence-electron chi connectivity index (χ0n) is 28.8. The molecule has 45 heavy (non-hydrogen) atoms. The van der Waals surface area contributed by atoms with Crippen molar-refractivity contribution in [3.8, 4) is 0 Å². The lowest BCUT2D eigenvalue weighted by molar-refractivity contribution is -0.161. The predicted octanol–water partition coefficient (Wildman–Crippen LogP) is 11.0. The Labute approximate surface area is 276 Å². The maximum absolute atomic E-state index is 12.1. The van der Waals surface area contributed by atoms with Crippen molar-refractivity contribution in [2.75, 3.05) is 13.2 Å². The Morgan fingerprint density at radius 1 is 0.533 bits per heavy atom. The van der Waals surface area contributed by atoms with Crippen LogP contribution in [0.25, 0.3) is 0 Å². The van der Waals surface area contributed by atoms with E-state index in [1.807, 2.05) is 0 Å². The van der Waals surface area contributed by atoms with Crippen LogP contribution >= 0.6 is 0 Å². The van der Waals surface area contributed by atoms with Gasteiger partial charge in [-0.1, -0.05) is 132 Å². The highest BCUT2D eigenvalue weighted by atomic mass is 16.6. The van der Waals surface area contributed by atoms with Crippen molar-refractivity contribution < 1.29 is 24.2 Å². The number of hydrogen-bond acceptors (Lipinski definition) is 5. The van der Waals surface area contributed by atoms with Gasteiger partial charge < -0.3 is 14.6 Å². The summed E-state index contributed by atoms with van der Waals surface area (Å²) < 4.78 is 10.5. The van der Waals surface area contributed by atoms with Crippen LogP contribution in [0.3, 0.4) is 0 Å². The summed E-state index contributed by atoms with van der Waals surface area (Å²) in [5.41, 5.74) is 0. The number of carbonyl (C=O) groups is 2. The zero-order valence-corrected chi connectivity index (χ0v) is 28.8. The summed E-state index contributed by atoms with van der Waals surface area (Å²) in [6.45, 7) is 3.93. The molecule has 0 aromatic heterocycles. The first-order valence-electron chi connectivity index (χ1n) is 18.0. The van der Waals surface area contributed by atoms with Gasteiger partial charge in [-0.25, -0.2) is 0 Å². The third kappa shape index (κ3) is 34.1. The maximum atomic E-state index is 12.1. The zero-order chi connectivity index (χ0) is 32.9. The lowest BCUT2D eigenvalue weighted by Gasteiger charge is -2.15. The number of rotatable bonds is 31. The van der Waals surface area contributed by atoms with Crippen molar-refractivity contribution in [2.24, 2.45) is 0 Å². The van der Waals surface area contributed by atoms with Crippen molar-refractivity contribution in [1.29, 1.82) is 0 Å². The molecule has 0 aromatic rings. The highest BCUT2D eigenvalue weighted by molar-refractivity contribution is 5.70. The number of hydrogen-bond donors (Lipinski definition) is 1. The van der Waals surface area contributed by atoms with Crippen LogP contribution in [0.15, 0.2) is 72.9 Å². The number of carbonyl (C=O) groups excluding carboxylic acids is 2. The molecule has 0 spiro atoms. The van der Waals surface area contributed by atoms with Crippen LogP contribution in [0.1, 0.15) is 149 Å². The first kappa shape index (κ1) is 42.3. The van der Waals surface area contributed by atoms with E-state index in [0.29, 0.717) is 12.8 Å². The van der Waals surface area contributed by atoms with Gasteiger partial charge in [0, 0.05) is 12.8 Å². The van der Waals surface area contributed by atoms with E-state index in [0.717, 1.165) is 64.2 Å². The smallest absolute Gasteiger partial charge is 0.306 e. The summed E-state index contributed by atoms with van der Waals surface area (Å²) in [6, 6.07) is 0. The van der Waals surface area contributed by atoms with Gasteiger partial charge in [-0.15, -0.1) is 0 Å². The molecule has 5 nitrogen and oxygen atoms in total. The minimum absolute atomic E-state index is 0.0964. The Morgan fingerprint density at radius 3 is 1.53 bits per heavy atom. The molecule has 0 saturated carbocycles. The van der Waals surface area contributed by atoms with E-state index in [1.54, 1.807) is 0 Å². The molecule has 256 valence electrons. The number of aliphatic hydroxyl groups excluding tert-OH is 1. The van der Waals surface area contributed by atoms with Crippen LogP contribution in [-0.4, -0.2) is 36.4 Å².